The van der Waals surface area contributed by atoms with Gasteiger partial charge in [-0.05, 0) is 32.0 Å². The molecule has 100 valence electrons. The monoisotopic (exact) mass is 260 g/mol. The fourth-order valence-corrected chi connectivity index (χ4v) is 2.41. The van der Waals surface area contributed by atoms with Gasteiger partial charge in [0.25, 0.3) is 0 Å². The summed E-state index contributed by atoms with van der Waals surface area (Å²) in [5.74, 6) is 1.54. The first-order chi connectivity index (χ1) is 9.08. The molecule has 5 nitrogen and oxygen atoms in total. The van der Waals surface area contributed by atoms with E-state index in [9.17, 15) is 4.79 Å². The Morgan fingerprint density at radius 2 is 2.00 bits per heavy atom. The summed E-state index contributed by atoms with van der Waals surface area (Å²) in [4.78, 5) is 18.1. The Labute approximate surface area is 111 Å². The number of aliphatic imine (C=N–C) groups is 1. The molecule has 0 aromatic heterocycles. The molecule has 0 bridgehead atoms. The first kappa shape index (κ1) is 12.0. The molecule has 0 aliphatic carbocycles. The summed E-state index contributed by atoms with van der Waals surface area (Å²) in [7, 11) is 1.81. The fourth-order valence-electron chi connectivity index (χ4n) is 2.41. The summed E-state index contributed by atoms with van der Waals surface area (Å²) < 4.78 is 10.7. The van der Waals surface area contributed by atoms with Gasteiger partial charge >= 0.3 is 0 Å². The van der Waals surface area contributed by atoms with Gasteiger partial charge in [-0.15, -0.1) is 0 Å². The summed E-state index contributed by atoms with van der Waals surface area (Å²) in [6.07, 6.45) is 0. The largest absolute Gasteiger partial charge is 0.454 e. The van der Waals surface area contributed by atoms with Crippen molar-refractivity contribution in [1.82, 2.24) is 4.90 Å². The number of carbonyl (C=O) groups is 1. The Morgan fingerprint density at radius 3 is 2.79 bits per heavy atom. The molecule has 5 heteroatoms. The van der Waals surface area contributed by atoms with Gasteiger partial charge in [0.15, 0.2) is 11.5 Å². The molecule has 2 atom stereocenters. The van der Waals surface area contributed by atoms with Gasteiger partial charge in [-0.1, -0.05) is 0 Å². The summed E-state index contributed by atoms with van der Waals surface area (Å²) >= 11 is 0. The molecule has 2 aliphatic rings. The van der Waals surface area contributed by atoms with E-state index < -0.39 is 0 Å². The zero-order chi connectivity index (χ0) is 13.6. The van der Waals surface area contributed by atoms with E-state index in [-0.39, 0.29) is 24.8 Å². The molecule has 2 unspecified atom stereocenters. The maximum absolute atomic E-state index is 11.9. The van der Waals surface area contributed by atoms with Crippen LogP contribution in [0.5, 0.6) is 11.5 Å². The number of likely N-dealkylation sites (N-methyl/N-ethyl adjacent to an activating group) is 1. The molecular formula is C14H16N2O3. The molecule has 1 aromatic rings. The Morgan fingerprint density at radius 1 is 1.26 bits per heavy atom. The van der Waals surface area contributed by atoms with Crippen LogP contribution in [0.4, 0.5) is 0 Å². The van der Waals surface area contributed by atoms with E-state index in [4.69, 9.17) is 9.47 Å². The number of amides is 1. The maximum atomic E-state index is 11.9. The van der Waals surface area contributed by atoms with Crippen molar-refractivity contribution >= 4 is 11.6 Å². The molecule has 2 aliphatic heterocycles. The number of hydrogen-bond donors (Lipinski definition) is 0. The number of hydrogen-bond acceptors (Lipinski definition) is 4. The van der Waals surface area contributed by atoms with Gasteiger partial charge in [-0.3, -0.25) is 9.79 Å². The van der Waals surface area contributed by atoms with E-state index in [0.717, 1.165) is 22.8 Å². The van der Waals surface area contributed by atoms with Gasteiger partial charge < -0.3 is 14.4 Å². The summed E-state index contributed by atoms with van der Waals surface area (Å²) in [6.45, 7) is 4.06. The Bertz CT molecular complexity index is 568. The van der Waals surface area contributed by atoms with Crippen LogP contribution in [0.3, 0.4) is 0 Å². The van der Waals surface area contributed by atoms with Crippen molar-refractivity contribution in [1.29, 1.82) is 0 Å². The number of rotatable bonds is 1. The van der Waals surface area contributed by atoms with Crippen molar-refractivity contribution in [2.45, 2.75) is 25.9 Å². The van der Waals surface area contributed by atoms with Crippen LogP contribution >= 0.6 is 0 Å². The lowest BCUT2D eigenvalue weighted by molar-refractivity contribution is -0.132. The highest BCUT2D eigenvalue weighted by molar-refractivity contribution is 6.09. The lowest BCUT2D eigenvalue weighted by atomic mass is 9.99. The van der Waals surface area contributed by atoms with Crippen molar-refractivity contribution in [3.63, 3.8) is 0 Å². The second kappa shape index (κ2) is 4.26. The predicted octanol–water partition coefficient (Wildman–Crippen LogP) is 1.45. The lowest BCUT2D eigenvalue weighted by Gasteiger charge is -2.33. The van der Waals surface area contributed by atoms with E-state index in [2.05, 4.69) is 4.99 Å². The van der Waals surface area contributed by atoms with Gasteiger partial charge in [0.05, 0.1) is 11.8 Å². The van der Waals surface area contributed by atoms with E-state index in [1.165, 1.54) is 0 Å². The molecule has 2 heterocycles. The third-order valence-corrected chi connectivity index (χ3v) is 3.68. The topological polar surface area (TPSA) is 51.1 Å². The highest BCUT2D eigenvalue weighted by Crippen LogP contribution is 2.33. The third kappa shape index (κ3) is 1.85. The fraction of sp³-hybridized carbons (Fsp3) is 0.429. The van der Waals surface area contributed by atoms with Crippen LogP contribution in [0.1, 0.15) is 19.4 Å². The molecule has 19 heavy (non-hydrogen) atoms. The molecule has 0 N–H and O–H groups in total. The molecular weight excluding hydrogens is 244 g/mol. The van der Waals surface area contributed by atoms with Crippen molar-refractivity contribution in [3.8, 4) is 11.5 Å². The minimum atomic E-state index is -0.332. The van der Waals surface area contributed by atoms with E-state index in [1.807, 2.05) is 39.1 Å². The smallest absolute Gasteiger partial charge is 0.247 e. The SMILES string of the molecule is CC1N=C(c2ccc3c(c2)OCO3)C(C)N(C)C1=O. The van der Waals surface area contributed by atoms with Crippen LogP contribution in [0.25, 0.3) is 0 Å². The van der Waals surface area contributed by atoms with Gasteiger partial charge in [-0.25, -0.2) is 0 Å². The van der Waals surface area contributed by atoms with Crippen LogP contribution in [0.2, 0.25) is 0 Å². The molecule has 0 saturated carbocycles. The zero-order valence-corrected chi connectivity index (χ0v) is 11.2. The highest BCUT2D eigenvalue weighted by atomic mass is 16.7. The van der Waals surface area contributed by atoms with Crippen molar-refractivity contribution < 1.29 is 14.3 Å². The molecule has 1 amide bonds. The van der Waals surface area contributed by atoms with Gasteiger partial charge in [0, 0.05) is 12.6 Å². The number of fused-ring (bicyclic) bond motifs is 1. The highest BCUT2D eigenvalue weighted by Gasteiger charge is 2.31. The normalized spacial score (nSPS) is 25.5. The lowest BCUT2D eigenvalue weighted by Crippen LogP contribution is -2.49. The zero-order valence-electron chi connectivity index (χ0n) is 11.2. The minimum Gasteiger partial charge on any atom is -0.454 e. The molecule has 0 radical (unpaired) electrons. The van der Waals surface area contributed by atoms with Crippen molar-refractivity contribution in [3.05, 3.63) is 23.8 Å². The first-order valence-electron chi connectivity index (χ1n) is 6.32. The number of nitrogens with zero attached hydrogens (tertiary/aromatic N) is 2. The summed E-state index contributed by atoms with van der Waals surface area (Å²) in [5.41, 5.74) is 1.89. The van der Waals surface area contributed by atoms with Gasteiger partial charge in [0.2, 0.25) is 12.7 Å². The Hall–Kier alpha value is -2.04. The molecule has 0 fully saturated rings. The minimum absolute atomic E-state index is 0.0379. The van der Waals surface area contributed by atoms with Crippen molar-refractivity contribution in [2.24, 2.45) is 4.99 Å². The second-order valence-electron chi connectivity index (χ2n) is 4.88. The quantitative estimate of drug-likeness (QED) is 0.768. The standard InChI is InChI=1S/C14H16N2O3/c1-8-14(17)16(3)9(2)13(15-8)10-4-5-11-12(6-10)19-7-18-11/h4-6,8-9H,7H2,1-3H3. The summed E-state index contributed by atoms with van der Waals surface area (Å²) in [6, 6.07) is 5.40. The Kier molecular flexibility index (Phi) is 2.69. The molecule has 0 saturated heterocycles. The molecule has 0 spiro atoms. The molecule has 3 rings (SSSR count). The van der Waals surface area contributed by atoms with Crippen LogP contribution in [-0.2, 0) is 4.79 Å². The number of carbonyl (C=O) groups excluding carboxylic acids is 1. The van der Waals surface area contributed by atoms with Crippen LogP contribution in [0.15, 0.2) is 23.2 Å². The number of ether oxygens (including phenoxy) is 2. The summed E-state index contributed by atoms with van der Waals surface area (Å²) in [5, 5.41) is 0. The third-order valence-electron chi connectivity index (χ3n) is 3.68. The molecule has 1 aromatic carbocycles. The Balaban J connectivity index is 2.01. The maximum Gasteiger partial charge on any atom is 0.247 e. The van der Waals surface area contributed by atoms with Crippen LogP contribution in [0, 0.1) is 0 Å². The van der Waals surface area contributed by atoms with Crippen LogP contribution in [-0.4, -0.2) is 42.4 Å². The number of benzene rings is 1. The van der Waals surface area contributed by atoms with Crippen LogP contribution < -0.4 is 9.47 Å². The van der Waals surface area contributed by atoms with E-state index >= 15 is 0 Å². The van der Waals surface area contributed by atoms with E-state index in [1.54, 1.807) is 4.90 Å². The first-order valence-corrected chi connectivity index (χ1v) is 6.32. The average Bonchev–Trinajstić information content (AvgIpc) is 2.87. The average molecular weight is 260 g/mol. The predicted molar refractivity (Wildman–Crippen MR) is 70.8 cm³/mol. The second-order valence-corrected chi connectivity index (χ2v) is 4.88. The van der Waals surface area contributed by atoms with Crippen molar-refractivity contribution in [2.75, 3.05) is 13.8 Å². The van der Waals surface area contributed by atoms with E-state index in [0.29, 0.717) is 0 Å². The van der Waals surface area contributed by atoms with Gasteiger partial charge in [0.1, 0.15) is 6.04 Å². The van der Waals surface area contributed by atoms with Gasteiger partial charge in [-0.2, -0.15) is 0 Å².